The second-order valence-corrected chi connectivity index (χ2v) is 5.31. The Labute approximate surface area is 141 Å². The smallest absolute Gasteiger partial charge is 0.387 e. The first-order chi connectivity index (χ1) is 12.1. The van der Waals surface area contributed by atoms with Gasteiger partial charge in [0.05, 0.1) is 18.4 Å². The quantitative estimate of drug-likeness (QED) is 0.731. The van der Waals surface area contributed by atoms with Crippen molar-refractivity contribution in [2.45, 2.75) is 32.1 Å². The van der Waals surface area contributed by atoms with E-state index in [4.69, 9.17) is 4.74 Å². The van der Waals surface area contributed by atoms with Gasteiger partial charge in [0.25, 0.3) is 0 Å². The molecule has 1 aliphatic heterocycles. The number of rotatable bonds is 6. The Morgan fingerprint density at radius 2 is 2.28 bits per heavy atom. The average Bonchev–Trinajstić information content (AvgIpc) is 3.23. The lowest BCUT2D eigenvalue weighted by Gasteiger charge is -2.14. The first-order valence-corrected chi connectivity index (χ1v) is 7.71. The van der Waals surface area contributed by atoms with Crippen LogP contribution in [0.2, 0.25) is 0 Å². The summed E-state index contributed by atoms with van der Waals surface area (Å²) in [6, 6.07) is 5.68. The number of ether oxygens (including phenoxy) is 2. The molecule has 2 unspecified atom stereocenters. The monoisotopic (exact) mass is 353 g/mol. The Bertz CT molecular complexity index is 739. The lowest BCUT2D eigenvalue weighted by atomic mass is 10.1. The fraction of sp³-hybridized carbons (Fsp3) is 0.400. The normalized spacial score (nSPS) is 20.0. The van der Waals surface area contributed by atoms with Gasteiger partial charge in [0.2, 0.25) is 11.9 Å². The number of benzene rings is 1. The number of anilines is 1. The number of aromatic amines is 1. The Morgan fingerprint density at radius 3 is 3.04 bits per heavy atom. The van der Waals surface area contributed by atoms with Gasteiger partial charge in [0, 0.05) is 0 Å². The number of hydrogen-bond donors (Lipinski definition) is 3. The summed E-state index contributed by atoms with van der Waals surface area (Å²) in [6.45, 7) is -0.737. The number of carbonyl (C=O) groups is 1. The summed E-state index contributed by atoms with van der Waals surface area (Å²) in [4.78, 5) is 16.4. The molecule has 2 aromatic rings. The van der Waals surface area contributed by atoms with Crippen molar-refractivity contribution in [2.24, 2.45) is 0 Å². The molecule has 0 radical (unpaired) electrons. The van der Waals surface area contributed by atoms with Crippen molar-refractivity contribution in [1.82, 2.24) is 20.5 Å². The Balaban J connectivity index is 1.74. The van der Waals surface area contributed by atoms with Crippen molar-refractivity contribution in [1.29, 1.82) is 0 Å². The third-order valence-electron chi connectivity index (χ3n) is 3.74. The molecule has 1 aromatic heterocycles. The molecule has 1 aromatic carbocycles. The molecule has 3 rings (SSSR count). The Kier molecular flexibility index (Phi) is 5.19. The zero-order chi connectivity index (χ0) is 17.8. The molecule has 134 valence electrons. The van der Waals surface area contributed by atoms with Crippen LogP contribution in [0.3, 0.4) is 0 Å². The minimum atomic E-state index is -2.96. The largest absolute Gasteiger partial charge is 0.434 e. The number of para-hydroxylation sites is 1. The van der Waals surface area contributed by atoms with Gasteiger partial charge in [-0.15, -0.1) is 5.10 Å². The van der Waals surface area contributed by atoms with Crippen molar-refractivity contribution in [3.63, 3.8) is 0 Å². The standard InChI is InChI=1S/C15H17F2N5O3/c1-2-9-11(18-7-24-9)13(23)20-15-19-12(21-22-15)8-5-3-4-6-10(8)25-14(16)17/h3-6,9,11,14,18H,2,7H2,1H3,(H2,19,20,21,22,23). The van der Waals surface area contributed by atoms with E-state index in [0.29, 0.717) is 18.7 Å². The van der Waals surface area contributed by atoms with Crippen LogP contribution in [-0.4, -0.2) is 46.6 Å². The number of nitrogens with zero attached hydrogens (tertiary/aromatic N) is 2. The maximum atomic E-state index is 12.5. The van der Waals surface area contributed by atoms with E-state index in [1.807, 2.05) is 6.92 Å². The van der Waals surface area contributed by atoms with Crippen LogP contribution in [0.15, 0.2) is 24.3 Å². The van der Waals surface area contributed by atoms with Crippen LogP contribution in [0.5, 0.6) is 5.75 Å². The van der Waals surface area contributed by atoms with Gasteiger partial charge >= 0.3 is 6.61 Å². The fourth-order valence-electron chi connectivity index (χ4n) is 2.57. The van der Waals surface area contributed by atoms with E-state index in [1.165, 1.54) is 6.07 Å². The Morgan fingerprint density at radius 1 is 1.48 bits per heavy atom. The van der Waals surface area contributed by atoms with E-state index in [0.717, 1.165) is 0 Å². The number of H-pyrrole nitrogens is 1. The number of hydrogen-bond acceptors (Lipinski definition) is 6. The van der Waals surface area contributed by atoms with Gasteiger partial charge in [0.15, 0.2) is 5.82 Å². The van der Waals surface area contributed by atoms with E-state index < -0.39 is 12.7 Å². The molecule has 0 bridgehead atoms. The first kappa shape index (κ1) is 17.2. The predicted molar refractivity (Wildman–Crippen MR) is 84.0 cm³/mol. The molecule has 10 heteroatoms. The van der Waals surface area contributed by atoms with Crippen molar-refractivity contribution < 1.29 is 23.0 Å². The van der Waals surface area contributed by atoms with Crippen LogP contribution in [0.4, 0.5) is 14.7 Å². The summed E-state index contributed by atoms with van der Waals surface area (Å²) in [5.41, 5.74) is 0.310. The molecule has 3 N–H and O–H groups in total. The van der Waals surface area contributed by atoms with Crippen molar-refractivity contribution in [3.8, 4) is 17.1 Å². The molecule has 0 spiro atoms. The summed E-state index contributed by atoms with van der Waals surface area (Å²) >= 11 is 0. The SMILES string of the molecule is CCC1OCNC1C(=O)Nc1n[nH]c(-c2ccccc2OC(F)F)n1. The van der Waals surface area contributed by atoms with Crippen molar-refractivity contribution in [2.75, 3.05) is 12.0 Å². The van der Waals surface area contributed by atoms with Gasteiger partial charge in [0.1, 0.15) is 11.8 Å². The van der Waals surface area contributed by atoms with Gasteiger partial charge in [-0.05, 0) is 18.6 Å². The zero-order valence-corrected chi connectivity index (χ0v) is 13.3. The van der Waals surface area contributed by atoms with Crippen LogP contribution in [0, 0.1) is 0 Å². The van der Waals surface area contributed by atoms with Crippen LogP contribution in [-0.2, 0) is 9.53 Å². The summed E-state index contributed by atoms with van der Waals surface area (Å²) in [5, 5.41) is 12.0. The molecule has 0 saturated carbocycles. The molecule has 2 heterocycles. The van der Waals surface area contributed by atoms with Crippen LogP contribution >= 0.6 is 0 Å². The second kappa shape index (κ2) is 7.53. The average molecular weight is 353 g/mol. The number of halogens is 2. The highest BCUT2D eigenvalue weighted by molar-refractivity contribution is 5.94. The number of nitrogens with one attached hydrogen (secondary N) is 3. The molecule has 1 aliphatic rings. The fourth-order valence-corrected chi connectivity index (χ4v) is 2.57. The second-order valence-electron chi connectivity index (χ2n) is 5.31. The lowest BCUT2D eigenvalue weighted by Crippen LogP contribution is -2.42. The third kappa shape index (κ3) is 3.91. The highest BCUT2D eigenvalue weighted by atomic mass is 19.3. The summed E-state index contributed by atoms with van der Waals surface area (Å²) in [7, 11) is 0. The molecule has 2 atom stereocenters. The highest BCUT2D eigenvalue weighted by Gasteiger charge is 2.33. The topological polar surface area (TPSA) is 101 Å². The third-order valence-corrected chi connectivity index (χ3v) is 3.74. The van der Waals surface area contributed by atoms with E-state index >= 15 is 0 Å². The van der Waals surface area contributed by atoms with Gasteiger partial charge in [-0.2, -0.15) is 13.8 Å². The lowest BCUT2D eigenvalue weighted by molar-refractivity contribution is -0.119. The minimum absolute atomic E-state index is 0.0374. The zero-order valence-electron chi connectivity index (χ0n) is 13.3. The minimum Gasteiger partial charge on any atom is -0.434 e. The molecular weight excluding hydrogens is 336 g/mol. The molecule has 1 saturated heterocycles. The van der Waals surface area contributed by atoms with Crippen LogP contribution in [0.25, 0.3) is 11.4 Å². The van der Waals surface area contributed by atoms with E-state index in [1.54, 1.807) is 18.2 Å². The number of amides is 1. The maximum absolute atomic E-state index is 12.5. The highest BCUT2D eigenvalue weighted by Crippen LogP contribution is 2.28. The first-order valence-electron chi connectivity index (χ1n) is 7.71. The van der Waals surface area contributed by atoms with Gasteiger partial charge < -0.3 is 9.47 Å². The van der Waals surface area contributed by atoms with Crippen molar-refractivity contribution in [3.05, 3.63) is 24.3 Å². The van der Waals surface area contributed by atoms with E-state index in [9.17, 15) is 13.6 Å². The molecule has 8 nitrogen and oxygen atoms in total. The maximum Gasteiger partial charge on any atom is 0.387 e. The van der Waals surface area contributed by atoms with Gasteiger partial charge in [-0.3, -0.25) is 20.5 Å². The molecule has 1 fully saturated rings. The van der Waals surface area contributed by atoms with Gasteiger partial charge in [-0.1, -0.05) is 19.1 Å². The van der Waals surface area contributed by atoms with Crippen LogP contribution < -0.4 is 15.4 Å². The molecule has 0 aliphatic carbocycles. The number of alkyl halides is 2. The number of aromatic nitrogens is 3. The summed E-state index contributed by atoms with van der Waals surface area (Å²) < 4.78 is 34.8. The summed E-state index contributed by atoms with van der Waals surface area (Å²) in [6.07, 6.45) is 0.460. The van der Waals surface area contributed by atoms with Crippen LogP contribution in [0.1, 0.15) is 13.3 Å². The molecule has 1 amide bonds. The van der Waals surface area contributed by atoms with Crippen molar-refractivity contribution >= 4 is 11.9 Å². The predicted octanol–water partition coefficient (Wildman–Crippen LogP) is 1.74. The van der Waals surface area contributed by atoms with Gasteiger partial charge in [-0.25, -0.2) is 0 Å². The van der Waals surface area contributed by atoms with E-state index in [-0.39, 0.29) is 29.5 Å². The van der Waals surface area contributed by atoms with E-state index in [2.05, 4.69) is 30.6 Å². The Hall–Kier alpha value is -2.59. The molecule has 25 heavy (non-hydrogen) atoms. The molecular formula is C15H17F2N5O3. The summed E-state index contributed by atoms with van der Waals surface area (Å²) in [5.74, 6) is -0.125. The number of carbonyl (C=O) groups excluding carboxylic acids is 1.